The molecule has 0 aliphatic rings. The molecule has 0 aromatic heterocycles. The molecule has 0 radical (unpaired) electrons. The third-order valence-corrected chi connectivity index (χ3v) is 0. The maximum absolute atomic E-state index is 8.74. The molecule has 0 aliphatic heterocycles. The molecular weight excluding hydrogens is 292 g/mol. The zero-order chi connectivity index (χ0) is 8.08. The van der Waals surface area contributed by atoms with Crippen molar-refractivity contribution in [2.75, 3.05) is 0 Å². The molecule has 0 heterocycles. The van der Waals surface area contributed by atoms with Crippen LogP contribution in [-0.2, 0) is 10.4 Å². The summed E-state index contributed by atoms with van der Waals surface area (Å²) in [5.41, 5.74) is 0. The van der Waals surface area contributed by atoms with Crippen LogP contribution in [-0.4, -0.2) is 22.6 Å². The van der Waals surface area contributed by atoms with E-state index in [-0.39, 0.29) is 34.1 Å². The van der Waals surface area contributed by atoms with E-state index in [1.165, 1.54) is 0 Å². The Bertz CT molecular complexity index is 166. The minimum Gasteiger partial charge on any atom is -0.356 e. The van der Waals surface area contributed by atoms with Gasteiger partial charge in [-0.05, 0) is 0 Å². The van der Waals surface area contributed by atoms with Crippen molar-refractivity contribution in [1.29, 1.82) is 0 Å². The molecule has 0 aliphatic carbocycles. The van der Waals surface area contributed by atoms with E-state index in [0.29, 0.717) is 0 Å². The van der Waals surface area contributed by atoms with Gasteiger partial charge < -0.3 is 15.3 Å². The van der Waals surface area contributed by atoms with Crippen molar-refractivity contribution in [1.82, 2.24) is 0 Å². The lowest BCUT2D eigenvalue weighted by molar-refractivity contribution is -0.402. The Morgan fingerprint density at radius 3 is 1.17 bits per heavy atom. The summed E-state index contributed by atoms with van der Waals surface area (Å²) in [4.78, 5) is 8.25. The second-order valence-corrected chi connectivity index (χ2v) is 1.57. The van der Waals surface area contributed by atoms with E-state index in [0.717, 1.165) is 0 Å². The van der Waals surface area contributed by atoms with Crippen molar-refractivity contribution in [3.63, 3.8) is 0 Å². The number of hydrogen-bond acceptors (Lipinski definition) is 5. The number of halogens is 3. The lowest BCUT2D eigenvalue weighted by atomic mass is 13.1. The van der Waals surface area contributed by atoms with Crippen LogP contribution < -0.4 is 0 Å². The van der Waals surface area contributed by atoms with Gasteiger partial charge in [0.15, 0.2) is 0 Å². The Balaban J connectivity index is -0.0000000221. The molecule has 0 rings (SSSR count). The van der Waals surface area contributed by atoms with Crippen molar-refractivity contribution in [2.45, 2.75) is 0 Å². The van der Waals surface area contributed by atoms with E-state index in [9.17, 15) is 0 Å². The van der Waals surface area contributed by atoms with Gasteiger partial charge in [0.1, 0.15) is 0 Å². The van der Waals surface area contributed by atoms with Crippen molar-refractivity contribution in [3.05, 3.63) is 15.3 Å². The molecule has 0 saturated heterocycles. The predicted octanol–water partition coefficient (Wildman–Crippen LogP) is 0.260. The van der Waals surface area contributed by atoms with Gasteiger partial charge in [-0.25, -0.2) is 0 Å². The Morgan fingerprint density at radius 1 is 1.17 bits per heavy atom. The molecular formula is H5BrClFNO7S-. The highest BCUT2D eigenvalue weighted by Crippen LogP contribution is 1.59. The molecule has 0 aromatic carbocycles. The highest BCUT2D eigenvalue weighted by Gasteiger charge is 1.84. The third-order valence-electron chi connectivity index (χ3n) is 0. The van der Waals surface area contributed by atoms with Gasteiger partial charge in [0.2, 0.25) is 0 Å². The van der Waals surface area contributed by atoms with Crippen LogP contribution >= 0.6 is 29.4 Å². The maximum atomic E-state index is 8.74. The van der Waals surface area contributed by atoms with Gasteiger partial charge in [-0.2, -0.15) is 8.42 Å². The number of hydrogen-bond donors (Lipinski definition) is 2. The van der Waals surface area contributed by atoms with E-state index in [1.807, 2.05) is 0 Å². The molecule has 80 valence electrons. The van der Waals surface area contributed by atoms with Crippen molar-refractivity contribution in [2.24, 2.45) is 0 Å². The smallest absolute Gasteiger partial charge is 0.356 e. The monoisotopic (exact) mass is 296 g/mol. The SMILES string of the molecule is Br.Cl.F.O=S(=O)(O)O.O=[N+]([O-])[O-]. The zero-order valence-corrected chi connectivity index (χ0v) is 8.36. The van der Waals surface area contributed by atoms with Gasteiger partial charge >= 0.3 is 10.4 Å². The molecule has 12 heteroatoms. The topological polar surface area (TPSA) is 141 Å². The molecule has 0 bridgehead atoms. The molecule has 0 atom stereocenters. The highest BCUT2D eigenvalue weighted by molar-refractivity contribution is 8.93. The molecule has 0 fully saturated rings. The largest absolute Gasteiger partial charge is 0.394 e. The molecule has 2 N–H and O–H groups in total. The second-order valence-electron chi connectivity index (χ2n) is 0.671. The standard InChI is InChI=1S/BrH.ClH.FH.NO3.H2O4S/c;;;2-1(3)4;1-5(2,3)4/h3*1H;;(H2,1,2,3,4)/q;;;-1;. The van der Waals surface area contributed by atoms with Crippen LogP contribution in [0.25, 0.3) is 0 Å². The van der Waals surface area contributed by atoms with Crippen LogP contribution in [0.5, 0.6) is 0 Å². The first kappa shape index (κ1) is 29.8. The van der Waals surface area contributed by atoms with Gasteiger partial charge in [0, 0.05) is 0 Å². The summed E-state index contributed by atoms with van der Waals surface area (Å²) in [6, 6.07) is 0. The maximum Gasteiger partial charge on any atom is 0.394 e. The Morgan fingerprint density at radius 2 is 1.17 bits per heavy atom. The zero-order valence-electron chi connectivity index (χ0n) is 5.02. The molecule has 0 amide bonds. The minimum atomic E-state index is -4.67. The predicted molar refractivity (Wildman–Crippen MR) is 44.6 cm³/mol. The fourth-order valence-corrected chi connectivity index (χ4v) is 0. The Kier molecular flexibility index (Phi) is 33.2. The first-order valence-electron chi connectivity index (χ1n) is 1.25. The van der Waals surface area contributed by atoms with Gasteiger partial charge in [-0.1, -0.05) is 0 Å². The van der Waals surface area contributed by atoms with Crippen molar-refractivity contribution < 1.29 is 27.3 Å². The summed E-state index contributed by atoms with van der Waals surface area (Å²) < 4.78 is 31.6. The summed E-state index contributed by atoms with van der Waals surface area (Å²) in [5.74, 6) is 0. The summed E-state index contributed by atoms with van der Waals surface area (Å²) >= 11 is 0. The van der Waals surface area contributed by atoms with Crippen molar-refractivity contribution >= 4 is 39.8 Å². The van der Waals surface area contributed by atoms with E-state index < -0.39 is 15.5 Å². The second kappa shape index (κ2) is 13.4. The molecule has 12 heavy (non-hydrogen) atoms. The minimum absolute atomic E-state index is 0. The average Bonchev–Trinajstić information content (AvgIpc) is 1.19. The van der Waals surface area contributed by atoms with Crippen LogP contribution in [0.2, 0.25) is 0 Å². The highest BCUT2D eigenvalue weighted by atomic mass is 79.9. The summed E-state index contributed by atoms with van der Waals surface area (Å²) in [7, 11) is -4.67. The average molecular weight is 297 g/mol. The van der Waals surface area contributed by atoms with E-state index in [2.05, 4.69) is 0 Å². The Labute approximate surface area is 82.8 Å². The van der Waals surface area contributed by atoms with E-state index in [1.54, 1.807) is 0 Å². The Hall–Kier alpha value is -0.230. The first-order valence-corrected chi connectivity index (χ1v) is 2.64. The molecule has 0 unspecified atom stereocenters. The normalized spacial score (nSPS) is 6.83. The molecule has 0 saturated carbocycles. The van der Waals surface area contributed by atoms with Crippen LogP contribution in [0, 0.1) is 15.3 Å². The first-order chi connectivity index (χ1) is 3.73. The van der Waals surface area contributed by atoms with E-state index >= 15 is 0 Å². The number of rotatable bonds is 0. The van der Waals surface area contributed by atoms with Crippen LogP contribution in [0.4, 0.5) is 4.70 Å². The summed E-state index contributed by atoms with van der Waals surface area (Å²) in [5, 5.41) is 14.8. The summed E-state index contributed by atoms with van der Waals surface area (Å²) in [6.45, 7) is 0. The van der Waals surface area contributed by atoms with Crippen molar-refractivity contribution in [3.8, 4) is 0 Å². The van der Waals surface area contributed by atoms with Gasteiger partial charge in [0.25, 0.3) is 0 Å². The van der Waals surface area contributed by atoms with Crippen LogP contribution in [0.1, 0.15) is 0 Å². The van der Waals surface area contributed by atoms with Crippen LogP contribution in [0.15, 0.2) is 0 Å². The van der Waals surface area contributed by atoms with Gasteiger partial charge in [-0.3, -0.25) is 13.8 Å². The van der Waals surface area contributed by atoms with Gasteiger partial charge in [-0.15, -0.1) is 29.4 Å². The van der Waals surface area contributed by atoms with Gasteiger partial charge in [0.05, 0.1) is 5.09 Å². The lowest BCUT2D eigenvalue weighted by Gasteiger charge is -1.74. The fraction of sp³-hybridized carbons (Fsp3) is 0. The van der Waals surface area contributed by atoms with E-state index in [4.69, 9.17) is 32.8 Å². The molecule has 0 spiro atoms. The van der Waals surface area contributed by atoms with Crippen LogP contribution in [0.3, 0.4) is 0 Å². The fourth-order valence-electron chi connectivity index (χ4n) is 0. The molecule has 8 nitrogen and oxygen atoms in total. The quantitative estimate of drug-likeness (QED) is 0.371. The summed E-state index contributed by atoms with van der Waals surface area (Å²) in [6.07, 6.45) is 0. The lowest BCUT2D eigenvalue weighted by Crippen LogP contribution is -1.89. The number of nitrogens with zero attached hydrogens (tertiary/aromatic N) is 1. The third kappa shape index (κ3) is 14200. The molecule has 0 aromatic rings.